The molecule has 0 amide bonds. The highest BCUT2D eigenvalue weighted by Gasteiger charge is 2.16. The molecule has 0 saturated heterocycles. The molecule has 1 heterocycles. The number of aryl methyl sites for hydroxylation is 1. The lowest BCUT2D eigenvalue weighted by molar-refractivity contribution is 0.199. The number of benzene rings is 1. The number of nitrogens with zero attached hydrogens (tertiary/aromatic N) is 2. The maximum absolute atomic E-state index is 12.2. The van der Waals surface area contributed by atoms with Gasteiger partial charge >= 0.3 is 0 Å². The van der Waals surface area contributed by atoms with Crippen molar-refractivity contribution >= 4 is 10.0 Å². The van der Waals surface area contributed by atoms with Gasteiger partial charge in [0.1, 0.15) is 5.82 Å². The summed E-state index contributed by atoms with van der Waals surface area (Å²) in [7, 11) is -1.83. The van der Waals surface area contributed by atoms with Crippen LogP contribution in [0.15, 0.2) is 41.6 Å². The van der Waals surface area contributed by atoms with Crippen molar-refractivity contribution in [3.8, 4) is 0 Å². The Morgan fingerprint density at radius 3 is 2.80 bits per heavy atom. The zero-order valence-corrected chi connectivity index (χ0v) is 12.1. The first-order valence-corrected chi connectivity index (χ1v) is 7.62. The minimum atomic E-state index is -3.62. The van der Waals surface area contributed by atoms with Gasteiger partial charge in [-0.15, -0.1) is 0 Å². The second-order valence-electron chi connectivity index (χ2n) is 4.53. The predicted octanol–water partition coefficient (Wildman–Crippen LogP) is 0.952. The molecule has 7 heteroatoms. The molecular weight excluding hydrogens is 278 g/mol. The molecule has 0 aliphatic carbocycles. The van der Waals surface area contributed by atoms with E-state index < -0.39 is 16.1 Å². The SMILES string of the molecule is CC(O)c1cccc(S(=O)(=O)NCc2nccn2C)c1. The average molecular weight is 295 g/mol. The molecule has 0 saturated carbocycles. The van der Waals surface area contributed by atoms with Crippen LogP contribution in [0.25, 0.3) is 0 Å². The summed E-state index contributed by atoms with van der Waals surface area (Å²) in [6, 6.07) is 6.25. The third-order valence-electron chi connectivity index (χ3n) is 2.99. The smallest absolute Gasteiger partial charge is 0.240 e. The molecule has 1 aromatic heterocycles. The van der Waals surface area contributed by atoms with Gasteiger partial charge in [0.25, 0.3) is 0 Å². The van der Waals surface area contributed by atoms with Crippen LogP contribution in [0.1, 0.15) is 24.4 Å². The van der Waals surface area contributed by atoms with Crippen LogP contribution in [0.4, 0.5) is 0 Å². The largest absolute Gasteiger partial charge is 0.389 e. The summed E-state index contributed by atoms with van der Waals surface area (Å²) in [5.41, 5.74) is 0.560. The number of aromatic nitrogens is 2. The van der Waals surface area contributed by atoms with Crippen molar-refractivity contribution < 1.29 is 13.5 Å². The lowest BCUT2D eigenvalue weighted by Gasteiger charge is -2.09. The molecule has 2 rings (SSSR count). The lowest BCUT2D eigenvalue weighted by atomic mass is 10.1. The van der Waals surface area contributed by atoms with E-state index in [1.54, 1.807) is 43.1 Å². The number of aliphatic hydroxyl groups excluding tert-OH is 1. The van der Waals surface area contributed by atoms with E-state index in [-0.39, 0.29) is 11.4 Å². The van der Waals surface area contributed by atoms with E-state index in [1.807, 2.05) is 0 Å². The molecule has 6 nitrogen and oxygen atoms in total. The van der Waals surface area contributed by atoms with Crippen molar-refractivity contribution in [3.63, 3.8) is 0 Å². The number of imidazole rings is 1. The van der Waals surface area contributed by atoms with Crippen molar-refractivity contribution in [2.45, 2.75) is 24.5 Å². The topological polar surface area (TPSA) is 84.2 Å². The number of hydrogen-bond acceptors (Lipinski definition) is 4. The fraction of sp³-hybridized carbons (Fsp3) is 0.308. The molecule has 1 aromatic carbocycles. The van der Waals surface area contributed by atoms with E-state index in [4.69, 9.17) is 0 Å². The highest BCUT2D eigenvalue weighted by molar-refractivity contribution is 7.89. The molecule has 0 aliphatic rings. The molecule has 1 atom stereocenters. The minimum Gasteiger partial charge on any atom is -0.389 e. The quantitative estimate of drug-likeness (QED) is 0.860. The summed E-state index contributed by atoms with van der Waals surface area (Å²) in [5.74, 6) is 0.625. The average Bonchev–Trinajstić information content (AvgIpc) is 2.82. The normalized spacial score (nSPS) is 13.3. The molecule has 0 aliphatic heterocycles. The molecular formula is C13H17N3O3S. The van der Waals surface area contributed by atoms with Gasteiger partial charge in [0.15, 0.2) is 0 Å². The van der Waals surface area contributed by atoms with E-state index in [9.17, 15) is 13.5 Å². The molecule has 20 heavy (non-hydrogen) atoms. The molecule has 1 unspecified atom stereocenters. The second-order valence-corrected chi connectivity index (χ2v) is 6.29. The van der Waals surface area contributed by atoms with Crippen molar-refractivity contribution in [1.82, 2.24) is 14.3 Å². The van der Waals surface area contributed by atoms with Crippen molar-refractivity contribution in [1.29, 1.82) is 0 Å². The summed E-state index contributed by atoms with van der Waals surface area (Å²) >= 11 is 0. The van der Waals surface area contributed by atoms with E-state index in [1.165, 1.54) is 12.1 Å². The Morgan fingerprint density at radius 1 is 1.45 bits per heavy atom. The number of hydrogen-bond donors (Lipinski definition) is 2. The maximum atomic E-state index is 12.2. The zero-order chi connectivity index (χ0) is 14.8. The molecule has 108 valence electrons. The van der Waals surface area contributed by atoms with Gasteiger partial charge in [-0.2, -0.15) is 0 Å². The van der Waals surface area contributed by atoms with E-state index in [2.05, 4.69) is 9.71 Å². The van der Waals surface area contributed by atoms with Crippen LogP contribution < -0.4 is 4.72 Å². The van der Waals surface area contributed by atoms with Gasteiger partial charge in [0.05, 0.1) is 17.5 Å². The Balaban J connectivity index is 2.18. The van der Waals surface area contributed by atoms with Gasteiger partial charge < -0.3 is 9.67 Å². The number of sulfonamides is 1. The first kappa shape index (κ1) is 14.7. The summed E-state index contributed by atoms with van der Waals surface area (Å²) in [6.45, 7) is 1.71. The van der Waals surface area contributed by atoms with E-state index in [0.717, 1.165) is 0 Å². The van der Waals surface area contributed by atoms with Gasteiger partial charge in [-0.3, -0.25) is 0 Å². The number of aliphatic hydroxyl groups is 1. The second kappa shape index (κ2) is 5.74. The van der Waals surface area contributed by atoms with E-state index >= 15 is 0 Å². The minimum absolute atomic E-state index is 0.116. The van der Waals surface area contributed by atoms with Crippen LogP contribution in [-0.4, -0.2) is 23.1 Å². The predicted molar refractivity (Wildman–Crippen MR) is 74.3 cm³/mol. The monoisotopic (exact) mass is 295 g/mol. The number of nitrogens with one attached hydrogen (secondary N) is 1. The van der Waals surface area contributed by atoms with Crippen LogP contribution in [0.3, 0.4) is 0 Å². The molecule has 0 bridgehead atoms. The van der Waals surface area contributed by atoms with Crippen molar-refractivity contribution in [2.75, 3.05) is 0 Å². The lowest BCUT2D eigenvalue weighted by Crippen LogP contribution is -2.24. The summed E-state index contributed by atoms with van der Waals surface area (Å²) < 4.78 is 28.6. The van der Waals surface area contributed by atoms with Crippen LogP contribution >= 0.6 is 0 Å². The molecule has 2 N–H and O–H groups in total. The van der Waals surface area contributed by atoms with Crippen LogP contribution in [0, 0.1) is 0 Å². The Hall–Kier alpha value is -1.70. The Labute approximate surface area is 118 Å². The molecule has 2 aromatic rings. The molecule has 0 spiro atoms. The molecule has 0 fully saturated rings. The Kier molecular flexibility index (Phi) is 4.22. The standard InChI is InChI=1S/C13H17N3O3S/c1-10(17)11-4-3-5-12(8-11)20(18,19)15-9-13-14-6-7-16(13)2/h3-8,10,15,17H,9H2,1-2H3. The molecule has 0 radical (unpaired) electrons. The first-order valence-electron chi connectivity index (χ1n) is 6.14. The zero-order valence-electron chi connectivity index (χ0n) is 11.3. The van der Waals surface area contributed by atoms with E-state index in [0.29, 0.717) is 11.4 Å². The fourth-order valence-corrected chi connectivity index (χ4v) is 2.79. The summed E-state index contributed by atoms with van der Waals surface area (Å²) in [6.07, 6.45) is 2.65. The van der Waals surface area contributed by atoms with Crippen LogP contribution in [-0.2, 0) is 23.6 Å². The Bertz CT molecular complexity index is 692. The van der Waals surface area contributed by atoms with Gasteiger partial charge in [0, 0.05) is 19.4 Å². The maximum Gasteiger partial charge on any atom is 0.240 e. The third kappa shape index (κ3) is 3.24. The third-order valence-corrected chi connectivity index (χ3v) is 4.39. The van der Waals surface area contributed by atoms with Crippen molar-refractivity contribution in [3.05, 3.63) is 48.0 Å². The Morgan fingerprint density at radius 2 is 2.20 bits per heavy atom. The fourth-order valence-electron chi connectivity index (χ4n) is 1.75. The highest BCUT2D eigenvalue weighted by Crippen LogP contribution is 2.17. The van der Waals surface area contributed by atoms with Gasteiger partial charge in [-0.1, -0.05) is 12.1 Å². The first-order chi connectivity index (χ1) is 9.40. The summed E-state index contributed by atoms with van der Waals surface area (Å²) in [5, 5.41) is 9.50. The van der Waals surface area contributed by atoms with Crippen LogP contribution in [0.2, 0.25) is 0 Å². The summed E-state index contributed by atoms with van der Waals surface area (Å²) in [4.78, 5) is 4.18. The van der Waals surface area contributed by atoms with Gasteiger partial charge in [-0.25, -0.2) is 18.1 Å². The highest BCUT2D eigenvalue weighted by atomic mass is 32.2. The van der Waals surface area contributed by atoms with Gasteiger partial charge in [-0.05, 0) is 24.6 Å². The van der Waals surface area contributed by atoms with Crippen LogP contribution in [0.5, 0.6) is 0 Å². The van der Waals surface area contributed by atoms with Crippen molar-refractivity contribution in [2.24, 2.45) is 7.05 Å². The number of rotatable bonds is 5. The van der Waals surface area contributed by atoms with Gasteiger partial charge in [0.2, 0.25) is 10.0 Å².